The van der Waals surface area contributed by atoms with Gasteiger partial charge < -0.3 is 10.5 Å². The van der Waals surface area contributed by atoms with E-state index in [4.69, 9.17) is 33.7 Å². The maximum atomic E-state index is 6.11. The first-order valence-corrected chi connectivity index (χ1v) is 5.72. The molecule has 0 bridgehead atoms. The Morgan fingerprint density at radius 2 is 2.21 bits per heavy atom. The van der Waals surface area contributed by atoms with Crippen molar-refractivity contribution in [2.45, 2.75) is 12.5 Å². The summed E-state index contributed by atoms with van der Waals surface area (Å²) in [5, 5.41) is 1.14. The van der Waals surface area contributed by atoms with Gasteiger partial charge in [0.15, 0.2) is 0 Å². The van der Waals surface area contributed by atoms with Crippen LogP contribution in [0, 0.1) is 0 Å². The van der Waals surface area contributed by atoms with E-state index in [1.807, 2.05) is 0 Å². The molecule has 76 valence electrons. The van der Waals surface area contributed by atoms with Crippen LogP contribution >= 0.6 is 39.1 Å². The SMILES string of the molecule is N[C@@H]1CCOc2c(Cl)cc(Br)c(Cl)c21. The number of fused-ring (bicyclic) bond motifs is 1. The summed E-state index contributed by atoms with van der Waals surface area (Å²) in [4.78, 5) is 0. The van der Waals surface area contributed by atoms with Crippen LogP contribution in [0.15, 0.2) is 10.5 Å². The molecule has 1 aliphatic rings. The quantitative estimate of drug-likeness (QED) is 0.743. The third-order valence-corrected chi connectivity index (χ3v) is 3.75. The fourth-order valence-corrected chi connectivity index (χ4v) is 2.63. The van der Waals surface area contributed by atoms with Crippen molar-refractivity contribution in [1.82, 2.24) is 0 Å². The highest BCUT2D eigenvalue weighted by Gasteiger charge is 2.25. The minimum absolute atomic E-state index is 0.0961. The molecule has 0 aliphatic carbocycles. The number of halogens is 3. The van der Waals surface area contributed by atoms with Crippen LogP contribution in [0.2, 0.25) is 10.0 Å². The van der Waals surface area contributed by atoms with Crippen LogP contribution in [0.25, 0.3) is 0 Å². The van der Waals surface area contributed by atoms with E-state index in [-0.39, 0.29) is 6.04 Å². The Balaban J connectivity index is 2.67. The summed E-state index contributed by atoms with van der Waals surface area (Å²) in [7, 11) is 0. The van der Waals surface area contributed by atoms with Gasteiger partial charge in [-0.05, 0) is 22.0 Å². The van der Waals surface area contributed by atoms with Crippen molar-refractivity contribution in [1.29, 1.82) is 0 Å². The van der Waals surface area contributed by atoms with Gasteiger partial charge in [-0.3, -0.25) is 0 Å². The number of hydrogen-bond donors (Lipinski definition) is 1. The summed E-state index contributed by atoms with van der Waals surface area (Å²) in [6.45, 7) is 0.589. The van der Waals surface area contributed by atoms with Gasteiger partial charge in [-0.25, -0.2) is 0 Å². The van der Waals surface area contributed by atoms with Gasteiger partial charge >= 0.3 is 0 Å². The average molecular weight is 297 g/mol. The van der Waals surface area contributed by atoms with Crippen molar-refractivity contribution in [3.63, 3.8) is 0 Å². The van der Waals surface area contributed by atoms with Crippen molar-refractivity contribution in [2.75, 3.05) is 6.61 Å². The number of benzene rings is 1. The molecule has 1 aromatic carbocycles. The van der Waals surface area contributed by atoms with Gasteiger partial charge in [0.1, 0.15) is 5.75 Å². The molecule has 0 unspecified atom stereocenters. The van der Waals surface area contributed by atoms with Gasteiger partial charge in [0.05, 0.1) is 16.7 Å². The van der Waals surface area contributed by atoms with Gasteiger partial charge in [0.2, 0.25) is 0 Å². The first-order chi connectivity index (χ1) is 6.61. The van der Waals surface area contributed by atoms with Gasteiger partial charge in [0.25, 0.3) is 0 Å². The van der Waals surface area contributed by atoms with Crippen molar-refractivity contribution in [3.05, 3.63) is 26.1 Å². The van der Waals surface area contributed by atoms with E-state index >= 15 is 0 Å². The minimum Gasteiger partial charge on any atom is -0.492 e. The Morgan fingerprint density at radius 1 is 1.50 bits per heavy atom. The Hall–Kier alpha value is 0.0400. The summed E-state index contributed by atoms with van der Waals surface area (Å²) < 4.78 is 6.20. The molecule has 0 spiro atoms. The first kappa shape index (κ1) is 10.6. The molecule has 1 heterocycles. The highest BCUT2D eigenvalue weighted by atomic mass is 79.9. The zero-order valence-electron chi connectivity index (χ0n) is 7.19. The lowest BCUT2D eigenvalue weighted by Crippen LogP contribution is -2.21. The summed E-state index contributed by atoms with van der Waals surface area (Å²) in [6, 6.07) is 1.63. The largest absolute Gasteiger partial charge is 0.492 e. The van der Waals surface area contributed by atoms with Crippen LogP contribution < -0.4 is 10.5 Å². The molecule has 1 aliphatic heterocycles. The second-order valence-corrected chi connectivity index (χ2v) is 4.78. The zero-order valence-corrected chi connectivity index (χ0v) is 10.3. The van der Waals surface area contributed by atoms with Crippen LogP contribution in [0.3, 0.4) is 0 Å². The third-order valence-electron chi connectivity index (χ3n) is 2.21. The normalized spacial score (nSPS) is 20.1. The molecule has 1 aromatic rings. The van der Waals surface area contributed by atoms with E-state index in [1.165, 1.54) is 0 Å². The van der Waals surface area contributed by atoms with E-state index in [1.54, 1.807) is 6.07 Å². The van der Waals surface area contributed by atoms with Gasteiger partial charge in [0, 0.05) is 22.5 Å². The molecule has 0 radical (unpaired) electrons. The van der Waals surface area contributed by atoms with Crippen LogP contribution in [-0.4, -0.2) is 6.61 Å². The van der Waals surface area contributed by atoms with E-state index < -0.39 is 0 Å². The predicted molar refractivity (Wildman–Crippen MR) is 61.2 cm³/mol. The van der Waals surface area contributed by atoms with Crippen LogP contribution in [0.4, 0.5) is 0 Å². The molecule has 0 aromatic heterocycles. The second-order valence-electron chi connectivity index (χ2n) is 3.14. The van der Waals surface area contributed by atoms with Crippen LogP contribution in [0.1, 0.15) is 18.0 Å². The molecule has 0 saturated heterocycles. The lowest BCUT2D eigenvalue weighted by molar-refractivity contribution is 0.269. The first-order valence-electron chi connectivity index (χ1n) is 4.17. The number of ether oxygens (including phenoxy) is 1. The molecular weight excluding hydrogens is 289 g/mol. The lowest BCUT2D eigenvalue weighted by atomic mass is 10.0. The van der Waals surface area contributed by atoms with Crippen molar-refractivity contribution >= 4 is 39.1 Å². The van der Waals surface area contributed by atoms with Crippen molar-refractivity contribution < 1.29 is 4.74 Å². The summed E-state index contributed by atoms with van der Waals surface area (Å²) in [6.07, 6.45) is 0.763. The Kier molecular flexibility index (Phi) is 2.93. The lowest BCUT2D eigenvalue weighted by Gasteiger charge is -2.25. The monoisotopic (exact) mass is 295 g/mol. The van der Waals surface area contributed by atoms with E-state index in [0.717, 1.165) is 16.5 Å². The van der Waals surface area contributed by atoms with E-state index in [9.17, 15) is 0 Å². The number of hydrogen-bond acceptors (Lipinski definition) is 2. The fraction of sp³-hybridized carbons (Fsp3) is 0.333. The van der Waals surface area contributed by atoms with Crippen LogP contribution in [0.5, 0.6) is 5.75 Å². The van der Waals surface area contributed by atoms with Gasteiger partial charge in [-0.15, -0.1) is 0 Å². The Labute approximate surface area is 100 Å². The van der Waals surface area contributed by atoms with Gasteiger partial charge in [-0.2, -0.15) is 0 Å². The van der Waals surface area contributed by atoms with Crippen molar-refractivity contribution in [2.24, 2.45) is 5.73 Å². The molecule has 0 fully saturated rings. The topological polar surface area (TPSA) is 35.2 Å². The Bertz CT molecular complexity index is 384. The smallest absolute Gasteiger partial charge is 0.144 e. The summed E-state index contributed by atoms with van der Waals surface area (Å²) >= 11 is 15.5. The predicted octanol–water partition coefficient (Wildman–Crippen LogP) is 3.54. The highest BCUT2D eigenvalue weighted by Crippen LogP contribution is 2.44. The van der Waals surface area contributed by atoms with Crippen molar-refractivity contribution in [3.8, 4) is 5.75 Å². The maximum absolute atomic E-state index is 6.11. The third kappa shape index (κ3) is 1.63. The maximum Gasteiger partial charge on any atom is 0.144 e. The highest BCUT2D eigenvalue weighted by molar-refractivity contribution is 9.10. The molecule has 0 amide bonds. The fourth-order valence-electron chi connectivity index (χ4n) is 1.51. The second kappa shape index (κ2) is 3.89. The molecular formula is C9H8BrCl2NO. The summed E-state index contributed by atoms with van der Waals surface area (Å²) in [5.74, 6) is 0.624. The molecule has 0 saturated carbocycles. The molecule has 14 heavy (non-hydrogen) atoms. The molecule has 2 nitrogen and oxygen atoms in total. The number of rotatable bonds is 0. The standard InChI is InChI=1S/C9H8BrCl2NO/c10-4-3-5(11)9-7(8(4)12)6(13)1-2-14-9/h3,6H,1-2,13H2/t6-/m1/s1. The zero-order chi connectivity index (χ0) is 10.3. The van der Waals surface area contributed by atoms with E-state index in [0.29, 0.717) is 22.4 Å². The average Bonchev–Trinajstić information content (AvgIpc) is 2.14. The molecule has 2 rings (SSSR count). The minimum atomic E-state index is -0.0961. The molecule has 2 N–H and O–H groups in total. The molecule has 5 heteroatoms. The van der Waals surface area contributed by atoms with Crippen LogP contribution in [-0.2, 0) is 0 Å². The summed E-state index contributed by atoms with van der Waals surface area (Å²) in [5.41, 5.74) is 6.74. The van der Waals surface area contributed by atoms with Gasteiger partial charge in [-0.1, -0.05) is 23.2 Å². The molecule has 1 atom stereocenters. The van der Waals surface area contributed by atoms with E-state index in [2.05, 4.69) is 15.9 Å². The number of nitrogens with two attached hydrogens (primary N) is 1. The Morgan fingerprint density at radius 3 is 2.93 bits per heavy atom.